The molecule has 72 heavy (non-hydrogen) atoms. The van der Waals surface area contributed by atoms with E-state index >= 15 is 4.79 Å². The number of hydrogen-bond acceptors (Lipinski definition) is 9. The van der Waals surface area contributed by atoms with Gasteiger partial charge in [0.15, 0.2) is 5.78 Å². The molecule has 0 spiro atoms. The number of aryl methyl sites for hydroxylation is 1. The van der Waals surface area contributed by atoms with E-state index in [9.17, 15) is 25.2 Å². The minimum atomic E-state index is -0.994. The van der Waals surface area contributed by atoms with E-state index in [1.807, 2.05) is 20.9 Å². The molecule has 6 N–H and O–H groups in total. The number of epoxide rings is 1. The molecular weight excluding hydrogens is 903 g/mol. The van der Waals surface area contributed by atoms with Gasteiger partial charge in [-0.15, -0.1) is 0 Å². The maximum Gasteiger partial charge on any atom is 0.160 e. The van der Waals surface area contributed by atoms with Crippen molar-refractivity contribution in [1.29, 1.82) is 0 Å². The molecule has 0 radical (unpaired) electrons. The summed E-state index contributed by atoms with van der Waals surface area (Å²) in [6.07, 6.45) is 15.8. The second-order valence-electron chi connectivity index (χ2n) is 26.7. The fourth-order valence-electron chi connectivity index (χ4n) is 18.2. The molecule has 394 valence electrons. The topological polar surface area (TPSA) is 170 Å². The quantitative estimate of drug-likeness (QED) is 0.0968. The first-order chi connectivity index (χ1) is 34.2. The molecule has 0 amide bonds. The first-order valence-electron chi connectivity index (χ1n) is 28.4. The van der Waals surface area contributed by atoms with Crippen molar-refractivity contribution in [2.24, 2.45) is 44.8 Å². The highest BCUT2D eigenvalue weighted by atomic mass is 16.6. The number of ether oxygens (including phenoxy) is 2. The third kappa shape index (κ3) is 7.71. The largest absolute Gasteiger partial charge is 0.396 e. The van der Waals surface area contributed by atoms with Crippen LogP contribution in [0.15, 0.2) is 41.7 Å². The molecule has 5 heterocycles. The van der Waals surface area contributed by atoms with Crippen LogP contribution in [-0.4, -0.2) is 98.9 Å². The van der Waals surface area contributed by atoms with Gasteiger partial charge in [-0.05, 0) is 153 Å². The van der Waals surface area contributed by atoms with Crippen molar-refractivity contribution < 1.29 is 39.5 Å². The summed E-state index contributed by atoms with van der Waals surface area (Å²) in [7, 11) is 1.96. The van der Waals surface area contributed by atoms with Crippen molar-refractivity contribution in [1.82, 2.24) is 14.9 Å². The summed E-state index contributed by atoms with van der Waals surface area (Å²) in [5, 5.41) is 52.7. The summed E-state index contributed by atoms with van der Waals surface area (Å²) in [5.74, 6) is 0.219. The summed E-state index contributed by atoms with van der Waals surface area (Å²) in [4.78, 5) is 33.5. The van der Waals surface area contributed by atoms with Crippen molar-refractivity contribution >= 4 is 22.6 Å². The number of benzene rings is 1. The molecule has 3 aliphatic heterocycles. The molecule has 2 saturated heterocycles. The number of hydrogen-bond donors (Lipinski definition) is 6. The maximum absolute atomic E-state index is 15.5. The summed E-state index contributed by atoms with van der Waals surface area (Å²) >= 11 is 0. The first kappa shape index (κ1) is 51.0. The molecule has 5 aliphatic carbocycles. The molecule has 12 unspecified atom stereocenters. The van der Waals surface area contributed by atoms with E-state index in [-0.39, 0.29) is 41.7 Å². The Kier molecular flexibility index (Phi) is 12.7. The van der Waals surface area contributed by atoms with Crippen molar-refractivity contribution in [3.63, 3.8) is 0 Å². The number of aromatic amines is 1. The minimum absolute atomic E-state index is 0.0119. The molecule has 4 saturated carbocycles. The number of allylic oxidation sites excluding steroid dienone is 1. The van der Waals surface area contributed by atoms with Crippen molar-refractivity contribution in [2.45, 2.75) is 206 Å². The molecule has 11 rings (SSSR count). The molecule has 1 aromatic carbocycles. The highest BCUT2D eigenvalue weighted by Crippen LogP contribution is 2.76. The Labute approximate surface area is 428 Å². The number of Topliss-reactive ketones (excluding diaryl/α,β-unsaturated/α-hetero) is 2. The van der Waals surface area contributed by atoms with E-state index in [1.54, 1.807) is 0 Å². The van der Waals surface area contributed by atoms with Gasteiger partial charge in [0.1, 0.15) is 11.9 Å². The molecule has 11 nitrogen and oxygen atoms in total. The first-order valence-corrected chi connectivity index (χ1v) is 28.4. The van der Waals surface area contributed by atoms with Crippen LogP contribution in [-0.2, 0) is 37.6 Å². The monoisotopic (exact) mass is 990 g/mol. The van der Waals surface area contributed by atoms with Gasteiger partial charge in [0, 0.05) is 98.2 Å². The third-order valence-electron chi connectivity index (χ3n) is 22.3. The number of carbonyl (C=O) groups is 2. The Morgan fingerprint density at radius 1 is 0.931 bits per heavy atom. The van der Waals surface area contributed by atoms with Crippen molar-refractivity contribution in [2.75, 3.05) is 33.4 Å². The third-order valence-corrected chi connectivity index (χ3v) is 22.3. The molecule has 2 aromatic heterocycles. The average Bonchev–Trinajstić information content (AvgIpc) is 3.59. The van der Waals surface area contributed by atoms with Gasteiger partial charge in [-0.25, -0.2) is 0 Å². The second kappa shape index (κ2) is 18.0. The maximum atomic E-state index is 15.5. The van der Waals surface area contributed by atoms with Crippen LogP contribution in [0.2, 0.25) is 0 Å². The SMILES string of the molecule is CNCCC1(C)C(=O)CCC2(C)C1CCC1(C)C2C(O)C2Cn3cc(C(CCO)c4cc(C5CCCCC5)cc(C5(O)CCOCC5)c4)c4[nH]cc(c43)CCC(C)(CC(O)C3OC3(C)C)C3=C2C1(C)CC3=O. The number of aliphatic hydroxyl groups excluding tert-OH is 3. The lowest BCUT2D eigenvalue weighted by molar-refractivity contribution is -0.222. The van der Waals surface area contributed by atoms with Gasteiger partial charge in [0.25, 0.3) is 0 Å². The molecule has 8 aliphatic rings. The Bertz CT molecular complexity index is 2630. The zero-order valence-corrected chi connectivity index (χ0v) is 44.9. The molecular formula is C61H87N3O8. The van der Waals surface area contributed by atoms with Crippen LogP contribution in [0.3, 0.4) is 0 Å². The molecule has 0 bridgehead atoms. The second-order valence-corrected chi connectivity index (χ2v) is 26.7. The number of ketones is 2. The Hall–Kier alpha value is -3.16. The van der Waals surface area contributed by atoms with Crippen LogP contribution in [0.5, 0.6) is 0 Å². The van der Waals surface area contributed by atoms with E-state index in [0.717, 1.165) is 89.5 Å². The van der Waals surface area contributed by atoms with Crippen LogP contribution in [0, 0.1) is 44.8 Å². The smallest absolute Gasteiger partial charge is 0.160 e. The summed E-state index contributed by atoms with van der Waals surface area (Å²) in [6, 6.07) is 6.88. The number of fused-ring (bicyclic) bond motifs is 4. The van der Waals surface area contributed by atoms with Crippen molar-refractivity contribution in [3.8, 4) is 0 Å². The molecule has 11 heteroatoms. The zero-order valence-electron chi connectivity index (χ0n) is 44.9. The zero-order chi connectivity index (χ0) is 51.0. The van der Waals surface area contributed by atoms with Crippen molar-refractivity contribution in [3.05, 3.63) is 69.6 Å². The summed E-state index contributed by atoms with van der Waals surface area (Å²) < 4.78 is 14.3. The van der Waals surface area contributed by atoms with E-state index < -0.39 is 51.0 Å². The molecule has 6 fully saturated rings. The summed E-state index contributed by atoms with van der Waals surface area (Å²) in [6.45, 7) is 17.8. The fraction of sp³-hybridized carbons (Fsp3) is 0.738. The van der Waals surface area contributed by atoms with Crippen LogP contribution in [0.1, 0.15) is 191 Å². The van der Waals surface area contributed by atoms with Gasteiger partial charge in [0.2, 0.25) is 0 Å². The predicted octanol–water partition coefficient (Wildman–Crippen LogP) is 9.69. The van der Waals surface area contributed by atoms with Crippen LogP contribution in [0.25, 0.3) is 11.0 Å². The number of aromatic nitrogens is 2. The number of H-pyrrole nitrogens is 1. The van der Waals surface area contributed by atoms with Gasteiger partial charge >= 0.3 is 0 Å². The fourth-order valence-corrected chi connectivity index (χ4v) is 18.2. The summed E-state index contributed by atoms with van der Waals surface area (Å²) in [5.41, 5.74) is 5.59. The van der Waals surface area contributed by atoms with Gasteiger partial charge in [0.05, 0.1) is 34.4 Å². The normalized spacial score (nSPS) is 38.3. The van der Waals surface area contributed by atoms with Gasteiger partial charge in [-0.2, -0.15) is 0 Å². The minimum Gasteiger partial charge on any atom is -0.396 e. The number of aliphatic hydroxyl groups is 4. The lowest BCUT2D eigenvalue weighted by Gasteiger charge is -2.70. The van der Waals surface area contributed by atoms with E-state index in [0.29, 0.717) is 82.8 Å². The van der Waals surface area contributed by atoms with E-state index in [1.165, 1.54) is 24.8 Å². The standard InChI is InChI=1S/C61H87N3O8/c1-55(2)54(72-55)45(67)31-56(3)18-14-37-33-63-50-42(41(17-25-65)39-28-38(36-12-10-9-11-13-36)29-40(30-39)61(70)22-26-71-27-23-61)34-64(51(37)50)35-43-48-49(56)44(66)32-60(48,7)59(6)20-15-46-57(4,21-24-62-8)47(68)16-19-58(46,5)53(59)52(43)69/h28-30,33-34,36,41,43,45-46,52-54,62-63,65,67,69-70H,9-27,31-32,35H2,1-8H3. The Morgan fingerprint density at radius 2 is 1.67 bits per heavy atom. The van der Waals surface area contributed by atoms with E-state index in [2.05, 4.69) is 80.1 Å². The van der Waals surface area contributed by atoms with Gasteiger partial charge in [-0.1, -0.05) is 72.1 Å². The average molecular weight is 990 g/mol. The lowest BCUT2D eigenvalue weighted by Crippen LogP contribution is -2.68. The van der Waals surface area contributed by atoms with Gasteiger partial charge < -0.3 is 44.8 Å². The number of rotatable bonds is 12. The predicted molar refractivity (Wildman–Crippen MR) is 280 cm³/mol. The molecule has 3 aromatic rings. The highest BCUT2D eigenvalue weighted by molar-refractivity contribution is 6.02. The molecule has 12 atom stereocenters. The number of carbonyl (C=O) groups excluding carboxylic acids is 2. The lowest BCUT2D eigenvalue weighted by atomic mass is 9.34. The van der Waals surface area contributed by atoms with Crippen LogP contribution >= 0.6 is 0 Å². The Balaban J connectivity index is 1.09. The van der Waals surface area contributed by atoms with Crippen LogP contribution in [0.4, 0.5) is 0 Å². The van der Waals surface area contributed by atoms with Gasteiger partial charge in [-0.3, -0.25) is 9.59 Å². The highest BCUT2D eigenvalue weighted by Gasteiger charge is 2.73. The Morgan fingerprint density at radius 3 is 2.36 bits per heavy atom. The van der Waals surface area contributed by atoms with E-state index in [4.69, 9.17) is 9.47 Å². The van der Waals surface area contributed by atoms with Crippen LogP contribution < -0.4 is 5.32 Å². The number of nitrogens with one attached hydrogen (secondary N) is 2. The number of nitrogens with zero attached hydrogens (tertiary/aromatic N) is 1.